The van der Waals surface area contributed by atoms with E-state index in [0.717, 1.165) is 36.7 Å². The predicted octanol–water partition coefficient (Wildman–Crippen LogP) is 5.26. The summed E-state index contributed by atoms with van der Waals surface area (Å²) < 4.78 is 0.774. The number of nitrogens with zero attached hydrogens (tertiary/aromatic N) is 3. The zero-order chi connectivity index (χ0) is 19.8. The van der Waals surface area contributed by atoms with E-state index in [4.69, 9.17) is 34.8 Å². The van der Waals surface area contributed by atoms with E-state index >= 15 is 0 Å². The average molecular weight is 456 g/mol. The van der Waals surface area contributed by atoms with Crippen LogP contribution in [0.25, 0.3) is 10.1 Å². The molecule has 1 saturated heterocycles. The molecule has 0 spiro atoms. The number of rotatable bonds is 3. The van der Waals surface area contributed by atoms with Crippen LogP contribution < -0.4 is 10.2 Å². The van der Waals surface area contributed by atoms with Gasteiger partial charge in [-0.25, -0.2) is 4.98 Å². The Kier molecular flexibility index (Phi) is 5.67. The molecule has 4 rings (SSSR count). The summed E-state index contributed by atoms with van der Waals surface area (Å²) in [6.45, 7) is 3.90. The van der Waals surface area contributed by atoms with Gasteiger partial charge >= 0.3 is 0 Å². The number of pyridine rings is 1. The van der Waals surface area contributed by atoms with Crippen LogP contribution >= 0.6 is 46.1 Å². The number of anilines is 2. The molecule has 28 heavy (non-hydrogen) atoms. The van der Waals surface area contributed by atoms with Crippen molar-refractivity contribution in [1.29, 1.82) is 0 Å². The van der Waals surface area contributed by atoms with Crippen LogP contribution in [0.5, 0.6) is 0 Å². The average Bonchev–Trinajstić information content (AvgIpc) is 3.00. The van der Waals surface area contributed by atoms with Crippen molar-refractivity contribution in [3.63, 3.8) is 0 Å². The fraction of sp³-hybridized carbons (Fsp3) is 0.263. The number of amides is 1. The van der Waals surface area contributed by atoms with Crippen molar-refractivity contribution in [3.05, 3.63) is 50.4 Å². The lowest BCUT2D eigenvalue weighted by molar-refractivity contribution is 0.103. The first kappa shape index (κ1) is 19.7. The summed E-state index contributed by atoms with van der Waals surface area (Å²) in [6.07, 6.45) is 1.66. The number of hydrogen-bond acceptors (Lipinski definition) is 5. The minimum atomic E-state index is -0.299. The van der Waals surface area contributed by atoms with Crippen LogP contribution in [-0.4, -0.2) is 49.0 Å². The molecule has 0 radical (unpaired) electrons. The van der Waals surface area contributed by atoms with Gasteiger partial charge in [0.2, 0.25) is 0 Å². The number of carbonyl (C=O) groups excluding carboxylic acids is 1. The van der Waals surface area contributed by atoms with Crippen LogP contribution in [-0.2, 0) is 0 Å². The second-order valence-corrected chi connectivity index (χ2v) is 8.93. The van der Waals surface area contributed by atoms with Crippen LogP contribution in [0.4, 0.5) is 11.5 Å². The number of piperazine rings is 1. The summed E-state index contributed by atoms with van der Waals surface area (Å²) in [5.41, 5.74) is 0.612. The summed E-state index contributed by atoms with van der Waals surface area (Å²) in [7, 11) is 2.11. The Bertz CT molecular complexity index is 1030. The van der Waals surface area contributed by atoms with Crippen molar-refractivity contribution >= 4 is 73.6 Å². The number of aromatic nitrogens is 1. The SMILES string of the molecule is CN1CCN(c2ccc(NC(=O)c3sc4cc(Cl)cc(Cl)c4c3Cl)cn2)CC1. The summed E-state index contributed by atoms with van der Waals surface area (Å²) in [4.78, 5) is 22.1. The third kappa shape index (κ3) is 3.93. The van der Waals surface area contributed by atoms with E-state index in [0.29, 0.717) is 31.0 Å². The lowest BCUT2D eigenvalue weighted by atomic mass is 10.2. The van der Waals surface area contributed by atoms with Crippen molar-refractivity contribution < 1.29 is 4.79 Å². The van der Waals surface area contributed by atoms with Gasteiger partial charge in [-0.3, -0.25) is 4.79 Å². The van der Waals surface area contributed by atoms with Gasteiger partial charge in [0.1, 0.15) is 10.7 Å². The van der Waals surface area contributed by atoms with Crippen molar-refractivity contribution in [2.45, 2.75) is 0 Å². The first-order valence-corrected chi connectivity index (χ1v) is 10.7. The second-order valence-electron chi connectivity index (χ2n) is 6.66. The van der Waals surface area contributed by atoms with E-state index in [9.17, 15) is 4.79 Å². The largest absolute Gasteiger partial charge is 0.354 e. The van der Waals surface area contributed by atoms with Crippen molar-refractivity contribution in [2.24, 2.45) is 0 Å². The van der Waals surface area contributed by atoms with E-state index in [2.05, 4.69) is 27.1 Å². The Morgan fingerprint density at radius 1 is 1.14 bits per heavy atom. The number of halogens is 3. The predicted molar refractivity (Wildman–Crippen MR) is 119 cm³/mol. The number of benzene rings is 1. The zero-order valence-electron chi connectivity index (χ0n) is 15.0. The number of fused-ring (bicyclic) bond motifs is 1. The maximum atomic E-state index is 12.7. The highest BCUT2D eigenvalue weighted by atomic mass is 35.5. The highest BCUT2D eigenvalue weighted by molar-refractivity contribution is 7.21. The fourth-order valence-corrected chi connectivity index (χ4v) is 5.40. The minimum Gasteiger partial charge on any atom is -0.354 e. The molecule has 1 amide bonds. The number of carbonyl (C=O) groups is 1. The topological polar surface area (TPSA) is 48.5 Å². The standard InChI is InChI=1S/C19H17Cl3N4OS/c1-25-4-6-26(7-5-25)15-3-2-12(10-23-15)24-19(27)18-17(22)16-13(21)8-11(20)9-14(16)28-18/h2-3,8-10H,4-7H2,1H3,(H,24,27). The van der Waals surface area contributed by atoms with Gasteiger partial charge in [-0.2, -0.15) is 0 Å². The van der Waals surface area contributed by atoms with Gasteiger partial charge in [-0.05, 0) is 31.3 Å². The Labute approximate surface area is 181 Å². The molecule has 3 heterocycles. The Morgan fingerprint density at radius 3 is 2.57 bits per heavy atom. The van der Waals surface area contributed by atoms with Gasteiger partial charge in [-0.15, -0.1) is 11.3 Å². The number of thiophene rings is 1. The van der Waals surface area contributed by atoms with Gasteiger partial charge in [0.05, 0.1) is 21.9 Å². The smallest absolute Gasteiger partial charge is 0.267 e. The van der Waals surface area contributed by atoms with Crippen molar-refractivity contribution in [1.82, 2.24) is 9.88 Å². The van der Waals surface area contributed by atoms with Crippen LogP contribution in [0.15, 0.2) is 30.5 Å². The molecule has 0 bridgehead atoms. The summed E-state index contributed by atoms with van der Waals surface area (Å²) in [5, 5.41) is 4.77. The number of likely N-dealkylation sites (N-methyl/N-ethyl adjacent to an activating group) is 1. The molecule has 1 aliphatic heterocycles. The zero-order valence-corrected chi connectivity index (χ0v) is 18.1. The molecule has 1 aromatic carbocycles. The van der Waals surface area contributed by atoms with Gasteiger partial charge in [0.15, 0.2) is 0 Å². The summed E-state index contributed by atoms with van der Waals surface area (Å²) in [6, 6.07) is 7.14. The van der Waals surface area contributed by atoms with Crippen LogP contribution in [0, 0.1) is 0 Å². The van der Waals surface area contributed by atoms with E-state index in [1.807, 2.05) is 12.1 Å². The molecule has 1 N–H and O–H groups in total. The quantitative estimate of drug-likeness (QED) is 0.585. The second kappa shape index (κ2) is 8.05. The van der Waals surface area contributed by atoms with Gasteiger partial charge in [0, 0.05) is 41.3 Å². The molecule has 1 aliphatic rings. The number of hydrogen-bond donors (Lipinski definition) is 1. The highest BCUT2D eigenvalue weighted by Crippen LogP contribution is 2.41. The van der Waals surface area contributed by atoms with Crippen LogP contribution in [0.3, 0.4) is 0 Å². The Hall–Kier alpha value is -1.57. The Balaban J connectivity index is 1.52. The molecule has 0 atom stereocenters. The van der Waals surface area contributed by atoms with E-state index < -0.39 is 0 Å². The van der Waals surface area contributed by atoms with E-state index in [-0.39, 0.29) is 5.91 Å². The lowest BCUT2D eigenvalue weighted by Crippen LogP contribution is -2.44. The van der Waals surface area contributed by atoms with Gasteiger partial charge in [-0.1, -0.05) is 34.8 Å². The third-order valence-corrected chi connectivity index (χ3v) is 6.83. The van der Waals surface area contributed by atoms with Crippen molar-refractivity contribution in [3.8, 4) is 0 Å². The molecule has 1 fully saturated rings. The summed E-state index contributed by atoms with van der Waals surface area (Å²) >= 11 is 19.9. The molecular formula is C19H17Cl3N4OS. The molecule has 0 aliphatic carbocycles. The molecule has 9 heteroatoms. The lowest BCUT2D eigenvalue weighted by Gasteiger charge is -2.33. The first-order valence-electron chi connectivity index (χ1n) is 8.70. The van der Waals surface area contributed by atoms with Gasteiger partial charge in [0.25, 0.3) is 5.91 Å². The van der Waals surface area contributed by atoms with Gasteiger partial charge < -0.3 is 15.1 Å². The molecule has 3 aromatic rings. The highest BCUT2D eigenvalue weighted by Gasteiger charge is 2.20. The molecule has 5 nitrogen and oxygen atoms in total. The molecule has 2 aromatic heterocycles. The molecule has 146 valence electrons. The minimum absolute atomic E-state index is 0.299. The molecule has 0 saturated carbocycles. The Morgan fingerprint density at radius 2 is 1.89 bits per heavy atom. The van der Waals surface area contributed by atoms with E-state index in [1.54, 1.807) is 18.3 Å². The third-order valence-electron chi connectivity index (χ3n) is 4.69. The maximum absolute atomic E-state index is 12.7. The van der Waals surface area contributed by atoms with Crippen LogP contribution in [0.2, 0.25) is 15.1 Å². The molecular weight excluding hydrogens is 439 g/mol. The van der Waals surface area contributed by atoms with E-state index in [1.165, 1.54) is 11.3 Å². The van der Waals surface area contributed by atoms with Crippen LogP contribution in [0.1, 0.15) is 9.67 Å². The summed E-state index contributed by atoms with van der Waals surface area (Å²) in [5.74, 6) is 0.611. The maximum Gasteiger partial charge on any atom is 0.267 e. The number of nitrogens with one attached hydrogen (secondary N) is 1. The monoisotopic (exact) mass is 454 g/mol. The normalized spacial score (nSPS) is 15.2. The first-order chi connectivity index (χ1) is 13.4. The molecule has 0 unspecified atom stereocenters. The fourth-order valence-electron chi connectivity index (χ4n) is 3.13. The van der Waals surface area contributed by atoms with Crippen molar-refractivity contribution in [2.75, 3.05) is 43.4 Å².